The fraction of sp³-hybridized carbons (Fsp3) is 0.667. The number of hydrogen-bond donors (Lipinski definition) is 0. The molecule has 0 saturated heterocycles. The van der Waals surface area contributed by atoms with Crippen LogP contribution in [0.4, 0.5) is 5.82 Å². The monoisotopic (exact) mass is 166 g/mol. The molecular weight excluding hydrogens is 150 g/mol. The van der Waals surface area contributed by atoms with Crippen molar-refractivity contribution in [1.29, 1.82) is 0 Å². The Morgan fingerprint density at radius 3 is 2.33 bits per heavy atom. The minimum atomic E-state index is 1.02. The summed E-state index contributed by atoms with van der Waals surface area (Å²) in [5.41, 5.74) is 1.13. The predicted molar refractivity (Wildman–Crippen MR) is 50.3 cm³/mol. The van der Waals surface area contributed by atoms with E-state index in [1.807, 2.05) is 18.7 Å². The highest BCUT2D eigenvalue weighted by Gasteiger charge is 2.09. The average Bonchev–Trinajstić information content (AvgIpc) is 2.38. The normalized spacial score (nSPS) is 10.3. The Kier molecular flexibility index (Phi) is 2.74. The maximum absolute atomic E-state index is 4.08. The second kappa shape index (κ2) is 3.61. The van der Waals surface area contributed by atoms with Gasteiger partial charge in [0.05, 0.1) is 0 Å². The summed E-state index contributed by atoms with van der Waals surface area (Å²) in [5.74, 6) is 1.18. The van der Waals surface area contributed by atoms with E-state index in [9.17, 15) is 0 Å². The van der Waals surface area contributed by atoms with E-state index in [1.54, 1.807) is 0 Å². The van der Waals surface area contributed by atoms with Crippen molar-refractivity contribution in [2.24, 2.45) is 7.05 Å². The second-order valence-corrected chi connectivity index (χ2v) is 2.86. The molecule has 1 rings (SSSR count). The zero-order valence-electron chi connectivity index (χ0n) is 8.26. The first-order chi connectivity index (χ1) is 5.70. The predicted octanol–water partition coefficient (Wildman–Crippen LogP) is 1.37. The van der Waals surface area contributed by atoms with Gasteiger partial charge in [-0.1, -0.05) is 0 Å². The quantitative estimate of drug-likeness (QED) is 0.676. The fourth-order valence-corrected chi connectivity index (χ4v) is 1.46. The molecule has 1 aromatic heterocycles. The molecule has 1 aromatic rings. The molecule has 12 heavy (non-hydrogen) atoms. The van der Waals surface area contributed by atoms with Gasteiger partial charge >= 0.3 is 0 Å². The van der Waals surface area contributed by atoms with E-state index in [4.69, 9.17) is 0 Å². The first-order valence-electron chi connectivity index (χ1n) is 4.36. The lowest BCUT2D eigenvalue weighted by atomic mass is 10.3. The second-order valence-electron chi connectivity index (χ2n) is 2.86. The van der Waals surface area contributed by atoms with Crippen molar-refractivity contribution in [3.8, 4) is 0 Å². The minimum Gasteiger partial charge on any atom is -0.357 e. The van der Waals surface area contributed by atoms with Crippen molar-refractivity contribution in [3.05, 3.63) is 11.8 Å². The third kappa shape index (κ3) is 1.44. The van der Waals surface area contributed by atoms with Gasteiger partial charge in [-0.3, -0.25) is 4.68 Å². The minimum absolute atomic E-state index is 1.02. The molecule has 0 aromatic carbocycles. The van der Waals surface area contributed by atoms with Gasteiger partial charge < -0.3 is 4.90 Å². The van der Waals surface area contributed by atoms with Gasteiger partial charge in [0.25, 0.3) is 0 Å². The molecule has 1 heterocycles. The molecule has 67 valence electrons. The Labute approximate surface area is 74.0 Å². The summed E-state index contributed by atoms with van der Waals surface area (Å²) in [6.45, 7) is 8.38. The van der Waals surface area contributed by atoms with Crippen LogP contribution in [0.3, 0.4) is 0 Å². The largest absolute Gasteiger partial charge is 0.357 e. The van der Waals surface area contributed by atoms with Gasteiger partial charge in [0.15, 0.2) is 0 Å². The molecule has 0 spiro atoms. The molecule has 0 fully saturated rings. The number of hydrogen-bond acceptors (Lipinski definition) is 2. The molecule has 0 saturated carbocycles. The van der Waals surface area contributed by atoms with Gasteiger partial charge in [0, 0.05) is 25.7 Å². The van der Waals surface area contributed by atoms with Gasteiger partial charge in [-0.25, -0.2) is 0 Å². The third-order valence-electron chi connectivity index (χ3n) is 2.07. The van der Waals surface area contributed by atoms with Crippen molar-refractivity contribution in [3.63, 3.8) is 0 Å². The summed E-state index contributed by atoms with van der Waals surface area (Å²) in [6, 6.07) is 0. The zero-order chi connectivity index (χ0) is 9.14. The Balaban J connectivity index is 2.98. The van der Waals surface area contributed by atoms with E-state index < -0.39 is 0 Å². The first-order valence-corrected chi connectivity index (χ1v) is 4.36. The van der Waals surface area contributed by atoms with Crippen molar-refractivity contribution >= 4 is 5.82 Å². The summed E-state index contributed by atoms with van der Waals surface area (Å²) in [4.78, 5) is 2.28. The third-order valence-corrected chi connectivity index (χ3v) is 2.07. The van der Waals surface area contributed by atoms with Crippen LogP contribution in [0.15, 0.2) is 0 Å². The number of aryl methyl sites for hydroxylation is 2. The summed E-state index contributed by atoms with van der Waals surface area (Å²) >= 11 is 0. The van der Waals surface area contributed by atoms with Crippen LogP contribution in [-0.4, -0.2) is 22.9 Å². The first kappa shape index (κ1) is 9.10. The lowest BCUT2D eigenvalue weighted by Crippen LogP contribution is -2.25. The standard InChI is InChI=1S/C9H16N3/c1-5-12(6-2)9-8(3)7-10-11(9)4/h5-6H2,1-4H3. The van der Waals surface area contributed by atoms with E-state index in [-0.39, 0.29) is 0 Å². The summed E-state index contributed by atoms with van der Waals surface area (Å²) in [6.07, 6.45) is 2.96. The van der Waals surface area contributed by atoms with Crippen LogP contribution in [0.5, 0.6) is 0 Å². The number of anilines is 1. The lowest BCUT2D eigenvalue weighted by molar-refractivity contribution is 0.719. The molecule has 3 heteroatoms. The molecule has 0 N–H and O–H groups in total. The smallest absolute Gasteiger partial charge is 0.130 e. The number of nitrogens with zero attached hydrogens (tertiary/aromatic N) is 3. The Morgan fingerprint density at radius 2 is 2.00 bits per heavy atom. The van der Waals surface area contributed by atoms with Gasteiger partial charge in [-0.15, -0.1) is 0 Å². The average molecular weight is 166 g/mol. The highest BCUT2D eigenvalue weighted by atomic mass is 15.4. The van der Waals surface area contributed by atoms with Crippen molar-refractivity contribution in [2.45, 2.75) is 20.8 Å². The van der Waals surface area contributed by atoms with Gasteiger partial charge in [-0.2, -0.15) is 5.10 Å². The van der Waals surface area contributed by atoms with Crippen molar-refractivity contribution in [2.75, 3.05) is 18.0 Å². The summed E-state index contributed by atoms with van der Waals surface area (Å²) in [5, 5.41) is 4.08. The number of rotatable bonds is 3. The Morgan fingerprint density at radius 1 is 1.42 bits per heavy atom. The summed E-state index contributed by atoms with van der Waals surface area (Å²) in [7, 11) is 1.96. The van der Waals surface area contributed by atoms with Crippen LogP contribution < -0.4 is 4.90 Å². The van der Waals surface area contributed by atoms with E-state index in [0.717, 1.165) is 18.7 Å². The highest BCUT2D eigenvalue weighted by Crippen LogP contribution is 2.16. The van der Waals surface area contributed by atoms with Crippen LogP contribution in [-0.2, 0) is 7.05 Å². The highest BCUT2D eigenvalue weighted by molar-refractivity contribution is 5.45. The van der Waals surface area contributed by atoms with Crippen molar-refractivity contribution < 1.29 is 0 Å². The maximum atomic E-state index is 4.08. The molecule has 1 radical (unpaired) electrons. The van der Waals surface area contributed by atoms with Crippen molar-refractivity contribution in [1.82, 2.24) is 9.78 Å². The van der Waals surface area contributed by atoms with Crippen LogP contribution in [0.1, 0.15) is 19.4 Å². The lowest BCUT2D eigenvalue weighted by Gasteiger charge is -2.21. The molecular formula is C9H16N3. The Bertz CT molecular complexity index is 229. The van der Waals surface area contributed by atoms with Gasteiger partial charge in [-0.05, 0) is 20.8 Å². The molecule has 3 nitrogen and oxygen atoms in total. The van der Waals surface area contributed by atoms with E-state index in [2.05, 4.69) is 30.0 Å². The molecule has 0 aliphatic carbocycles. The number of aromatic nitrogens is 2. The van der Waals surface area contributed by atoms with Crippen LogP contribution in [0.25, 0.3) is 0 Å². The molecule has 0 bridgehead atoms. The molecule has 0 atom stereocenters. The van der Waals surface area contributed by atoms with E-state index in [1.165, 1.54) is 5.82 Å². The van der Waals surface area contributed by atoms with E-state index in [0.29, 0.717) is 0 Å². The van der Waals surface area contributed by atoms with Crippen LogP contribution in [0, 0.1) is 13.1 Å². The van der Waals surface area contributed by atoms with E-state index >= 15 is 0 Å². The SMILES string of the molecule is CCN(CC)c1c(C)[c]nn1C. The zero-order valence-corrected chi connectivity index (χ0v) is 8.26. The molecule has 0 amide bonds. The van der Waals surface area contributed by atoms with Crippen LogP contribution in [0.2, 0.25) is 0 Å². The maximum Gasteiger partial charge on any atom is 0.130 e. The van der Waals surface area contributed by atoms with Gasteiger partial charge in [0.1, 0.15) is 12.0 Å². The van der Waals surface area contributed by atoms with Crippen LogP contribution >= 0.6 is 0 Å². The van der Waals surface area contributed by atoms with Gasteiger partial charge in [0.2, 0.25) is 0 Å². The molecule has 0 unspecified atom stereocenters. The molecule has 0 aliphatic heterocycles. The topological polar surface area (TPSA) is 21.1 Å². The summed E-state index contributed by atoms with van der Waals surface area (Å²) < 4.78 is 1.88. The Hall–Kier alpha value is -0.990. The molecule has 0 aliphatic rings. The fourth-order valence-electron chi connectivity index (χ4n) is 1.46.